The summed E-state index contributed by atoms with van der Waals surface area (Å²) in [6, 6.07) is 9.71. The van der Waals surface area contributed by atoms with Crippen molar-refractivity contribution in [1.82, 2.24) is 9.97 Å². The van der Waals surface area contributed by atoms with Crippen molar-refractivity contribution in [3.63, 3.8) is 0 Å². The molecule has 18 heavy (non-hydrogen) atoms. The van der Waals surface area contributed by atoms with Crippen LogP contribution in [-0.2, 0) is 6.42 Å². The number of hydrogen-bond donors (Lipinski definition) is 0. The first-order chi connectivity index (χ1) is 8.70. The van der Waals surface area contributed by atoms with Gasteiger partial charge < -0.3 is 4.74 Å². The Bertz CT molecular complexity index is 536. The highest BCUT2D eigenvalue weighted by Crippen LogP contribution is 2.30. The van der Waals surface area contributed by atoms with Gasteiger partial charge in [-0.1, -0.05) is 34.1 Å². The standard InChI is InChI=1S/C13H12BrClN2O/c1-18-13-7-9(16-8-17-13)6-12(15)10-4-2-3-5-11(10)14/h2-5,7-8,12H,6H2,1H3. The van der Waals surface area contributed by atoms with Gasteiger partial charge in [-0.2, -0.15) is 0 Å². The molecule has 0 aliphatic rings. The van der Waals surface area contributed by atoms with Crippen LogP contribution < -0.4 is 4.74 Å². The first-order valence-corrected chi connectivity index (χ1v) is 6.67. The van der Waals surface area contributed by atoms with Gasteiger partial charge >= 0.3 is 0 Å². The molecule has 0 N–H and O–H groups in total. The third-order valence-electron chi connectivity index (χ3n) is 2.54. The zero-order valence-corrected chi connectivity index (χ0v) is 12.1. The normalized spacial score (nSPS) is 12.2. The summed E-state index contributed by atoms with van der Waals surface area (Å²) in [6.45, 7) is 0. The molecule has 0 radical (unpaired) electrons. The lowest BCUT2D eigenvalue weighted by Gasteiger charge is -2.11. The van der Waals surface area contributed by atoms with Crippen LogP contribution in [0.2, 0.25) is 0 Å². The Kier molecular flexibility index (Phi) is 4.55. The molecule has 5 heteroatoms. The van der Waals surface area contributed by atoms with Gasteiger partial charge in [-0.25, -0.2) is 9.97 Å². The minimum atomic E-state index is -0.139. The van der Waals surface area contributed by atoms with E-state index >= 15 is 0 Å². The summed E-state index contributed by atoms with van der Waals surface area (Å²) in [4.78, 5) is 8.16. The number of ether oxygens (including phenoxy) is 1. The Labute approximate surface area is 119 Å². The fourth-order valence-corrected chi connectivity index (χ4v) is 2.66. The van der Waals surface area contributed by atoms with Crippen LogP contribution >= 0.6 is 27.5 Å². The third-order valence-corrected chi connectivity index (χ3v) is 3.65. The second-order valence-electron chi connectivity index (χ2n) is 3.74. The van der Waals surface area contributed by atoms with Crippen LogP contribution in [0.1, 0.15) is 16.6 Å². The number of benzene rings is 1. The summed E-state index contributed by atoms with van der Waals surface area (Å²) in [6.07, 6.45) is 2.11. The second kappa shape index (κ2) is 6.16. The van der Waals surface area contributed by atoms with E-state index in [1.807, 2.05) is 24.3 Å². The van der Waals surface area contributed by atoms with Gasteiger partial charge in [0.05, 0.1) is 12.5 Å². The van der Waals surface area contributed by atoms with Crippen LogP contribution in [0.3, 0.4) is 0 Å². The number of rotatable bonds is 4. The molecule has 0 aliphatic carbocycles. The molecule has 2 rings (SSSR count). The van der Waals surface area contributed by atoms with Crippen molar-refractivity contribution >= 4 is 27.5 Å². The molecule has 0 amide bonds. The molecule has 3 nitrogen and oxygen atoms in total. The van der Waals surface area contributed by atoms with Gasteiger partial charge in [0.2, 0.25) is 5.88 Å². The summed E-state index contributed by atoms with van der Waals surface area (Å²) in [5.74, 6) is 0.552. The molecule has 0 spiro atoms. The highest BCUT2D eigenvalue weighted by molar-refractivity contribution is 9.10. The van der Waals surface area contributed by atoms with E-state index in [1.165, 1.54) is 6.33 Å². The Morgan fingerprint density at radius 1 is 1.33 bits per heavy atom. The summed E-state index contributed by atoms with van der Waals surface area (Å²) >= 11 is 9.91. The summed E-state index contributed by atoms with van der Waals surface area (Å²) < 4.78 is 6.07. The monoisotopic (exact) mass is 326 g/mol. The Balaban J connectivity index is 2.16. The molecular weight excluding hydrogens is 316 g/mol. The van der Waals surface area contributed by atoms with Crippen molar-refractivity contribution in [2.24, 2.45) is 0 Å². The molecule has 94 valence electrons. The van der Waals surface area contributed by atoms with Gasteiger partial charge in [0.15, 0.2) is 0 Å². The maximum Gasteiger partial charge on any atom is 0.216 e. The van der Waals surface area contributed by atoms with Crippen molar-refractivity contribution < 1.29 is 4.74 Å². The average Bonchev–Trinajstić information content (AvgIpc) is 2.39. The lowest BCUT2D eigenvalue weighted by molar-refractivity contribution is 0.396. The van der Waals surface area contributed by atoms with Crippen LogP contribution in [0.25, 0.3) is 0 Å². The Morgan fingerprint density at radius 3 is 2.83 bits per heavy atom. The minimum absolute atomic E-state index is 0.139. The van der Waals surface area contributed by atoms with Crippen LogP contribution in [0.4, 0.5) is 0 Å². The van der Waals surface area contributed by atoms with E-state index in [4.69, 9.17) is 16.3 Å². The molecule has 0 bridgehead atoms. The number of halogens is 2. The van der Waals surface area contributed by atoms with E-state index in [1.54, 1.807) is 13.2 Å². The van der Waals surface area contributed by atoms with Gasteiger partial charge in [-0.3, -0.25) is 0 Å². The van der Waals surface area contributed by atoms with Crippen LogP contribution in [0.15, 0.2) is 41.1 Å². The summed E-state index contributed by atoms with van der Waals surface area (Å²) in [7, 11) is 1.58. The third kappa shape index (κ3) is 3.21. The summed E-state index contributed by atoms with van der Waals surface area (Å²) in [5.41, 5.74) is 1.91. The molecule has 1 unspecified atom stereocenters. The van der Waals surface area contributed by atoms with Crippen LogP contribution in [-0.4, -0.2) is 17.1 Å². The van der Waals surface area contributed by atoms with E-state index in [9.17, 15) is 0 Å². The molecular formula is C13H12BrClN2O. The summed E-state index contributed by atoms with van der Waals surface area (Å²) in [5, 5.41) is -0.139. The van der Waals surface area contributed by atoms with Crippen molar-refractivity contribution in [3.05, 3.63) is 52.4 Å². The van der Waals surface area contributed by atoms with Crippen LogP contribution in [0.5, 0.6) is 5.88 Å². The molecule has 0 fully saturated rings. The first kappa shape index (κ1) is 13.3. The minimum Gasteiger partial charge on any atom is -0.481 e. The van der Waals surface area contributed by atoms with E-state index in [0.29, 0.717) is 12.3 Å². The average molecular weight is 328 g/mol. The predicted octanol–water partition coefficient (Wildman–Crippen LogP) is 3.77. The van der Waals surface area contributed by atoms with Gasteiger partial charge in [0.1, 0.15) is 6.33 Å². The second-order valence-corrected chi connectivity index (χ2v) is 5.13. The molecule has 0 aliphatic heterocycles. The van der Waals surface area contributed by atoms with E-state index in [2.05, 4.69) is 25.9 Å². The van der Waals surface area contributed by atoms with Crippen LogP contribution in [0, 0.1) is 0 Å². The number of hydrogen-bond acceptors (Lipinski definition) is 3. The maximum absolute atomic E-state index is 6.41. The van der Waals surface area contributed by atoms with Crippen molar-refractivity contribution in [2.45, 2.75) is 11.8 Å². The molecule has 0 saturated carbocycles. The molecule has 1 atom stereocenters. The molecule has 2 aromatic rings. The smallest absolute Gasteiger partial charge is 0.216 e. The number of alkyl halides is 1. The highest BCUT2D eigenvalue weighted by atomic mass is 79.9. The van der Waals surface area contributed by atoms with Gasteiger partial charge in [-0.05, 0) is 11.6 Å². The zero-order chi connectivity index (χ0) is 13.0. The Hall–Kier alpha value is -1.13. The lowest BCUT2D eigenvalue weighted by atomic mass is 10.1. The topological polar surface area (TPSA) is 35.0 Å². The molecule has 0 saturated heterocycles. The Morgan fingerprint density at radius 2 is 2.11 bits per heavy atom. The number of aromatic nitrogens is 2. The first-order valence-electron chi connectivity index (χ1n) is 5.44. The quantitative estimate of drug-likeness (QED) is 0.802. The van der Waals surface area contributed by atoms with Crippen molar-refractivity contribution in [3.8, 4) is 5.88 Å². The van der Waals surface area contributed by atoms with Gasteiger partial charge in [0, 0.05) is 22.7 Å². The largest absolute Gasteiger partial charge is 0.481 e. The van der Waals surface area contributed by atoms with E-state index < -0.39 is 0 Å². The molecule has 1 heterocycles. The lowest BCUT2D eigenvalue weighted by Crippen LogP contribution is -2.00. The zero-order valence-electron chi connectivity index (χ0n) is 9.81. The molecule has 1 aromatic heterocycles. The predicted molar refractivity (Wildman–Crippen MR) is 75.0 cm³/mol. The number of methoxy groups -OCH3 is 1. The van der Waals surface area contributed by atoms with Gasteiger partial charge in [0.25, 0.3) is 0 Å². The van der Waals surface area contributed by atoms with Crippen molar-refractivity contribution in [1.29, 1.82) is 0 Å². The fourth-order valence-electron chi connectivity index (χ4n) is 1.62. The van der Waals surface area contributed by atoms with E-state index in [-0.39, 0.29) is 5.38 Å². The highest BCUT2D eigenvalue weighted by Gasteiger charge is 2.13. The van der Waals surface area contributed by atoms with E-state index in [0.717, 1.165) is 15.7 Å². The van der Waals surface area contributed by atoms with Crippen molar-refractivity contribution in [2.75, 3.05) is 7.11 Å². The molecule has 1 aromatic carbocycles. The SMILES string of the molecule is COc1cc(CC(Cl)c2ccccc2Br)ncn1. The fraction of sp³-hybridized carbons (Fsp3) is 0.231. The number of nitrogens with zero attached hydrogens (tertiary/aromatic N) is 2. The van der Waals surface area contributed by atoms with Gasteiger partial charge in [-0.15, -0.1) is 11.6 Å². The maximum atomic E-state index is 6.41.